The molecule has 0 atom stereocenters. The highest BCUT2D eigenvalue weighted by Gasteiger charge is 1.75. The summed E-state index contributed by atoms with van der Waals surface area (Å²) in [7, 11) is 1.62. The van der Waals surface area contributed by atoms with Gasteiger partial charge < -0.3 is 9.76 Å². The summed E-state index contributed by atoms with van der Waals surface area (Å²) < 4.78 is 4.62. The van der Waals surface area contributed by atoms with Gasteiger partial charge in [-0.3, -0.25) is 0 Å². The second-order valence-corrected chi connectivity index (χ2v) is 1.07. The Morgan fingerprint density at radius 2 is 2.33 bits per heavy atom. The first-order valence-corrected chi connectivity index (χ1v) is 2.01. The van der Waals surface area contributed by atoms with Crippen molar-refractivity contribution in [3.63, 3.8) is 0 Å². The molecule has 0 aromatic rings. The Hall–Kier alpha value is -0.0151. The van der Waals surface area contributed by atoms with E-state index in [1.54, 1.807) is 8.05 Å². The van der Waals surface area contributed by atoms with Crippen LogP contribution in [0, 0.1) is 0 Å². The van der Waals surface area contributed by atoms with Crippen LogP contribution in [0.25, 0.3) is 0 Å². The van der Waals surface area contributed by atoms with Crippen LogP contribution in [-0.4, -0.2) is 26.4 Å². The van der Waals surface area contributed by atoms with E-state index >= 15 is 0 Å². The lowest BCUT2D eigenvalue weighted by Crippen LogP contribution is -1.91. The lowest BCUT2D eigenvalue weighted by atomic mass is 10.5. The fourth-order valence-corrected chi connectivity index (χ4v) is 0.209. The molecular formula is C3H9BO2. The van der Waals surface area contributed by atoms with Crippen LogP contribution in [0.3, 0.4) is 0 Å². The van der Waals surface area contributed by atoms with Crippen LogP contribution in [0.2, 0.25) is 0 Å². The molecule has 0 aromatic heterocycles. The molecule has 0 heterocycles. The van der Waals surface area contributed by atoms with Crippen molar-refractivity contribution in [1.29, 1.82) is 0 Å². The first-order chi connectivity index (χ1) is 2.91. The van der Waals surface area contributed by atoms with Gasteiger partial charge in [-0.1, -0.05) is 0 Å². The summed E-state index contributed by atoms with van der Waals surface area (Å²) in [4.78, 5) is 0. The SMILES string of the molecule is BOCCCO. The van der Waals surface area contributed by atoms with Gasteiger partial charge >= 0.3 is 0 Å². The molecule has 0 spiro atoms. The number of aliphatic hydroxyl groups excluding tert-OH is 1. The van der Waals surface area contributed by atoms with E-state index < -0.39 is 0 Å². The smallest absolute Gasteiger partial charge is 0.257 e. The van der Waals surface area contributed by atoms with Gasteiger partial charge in [0.05, 0.1) is 0 Å². The van der Waals surface area contributed by atoms with Crippen molar-refractivity contribution >= 4 is 8.05 Å². The minimum Gasteiger partial charge on any atom is -0.444 e. The van der Waals surface area contributed by atoms with Crippen molar-refractivity contribution in [1.82, 2.24) is 0 Å². The van der Waals surface area contributed by atoms with E-state index in [2.05, 4.69) is 4.65 Å². The fourth-order valence-electron chi connectivity index (χ4n) is 0.209. The summed E-state index contributed by atoms with van der Waals surface area (Å²) in [5.74, 6) is 0. The van der Waals surface area contributed by atoms with Gasteiger partial charge in [-0.05, 0) is 6.42 Å². The Kier molecular flexibility index (Phi) is 4.97. The van der Waals surface area contributed by atoms with E-state index in [-0.39, 0.29) is 6.61 Å². The maximum Gasteiger partial charge on any atom is 0.257 e. The highest BCUT2D eigenvalue weighted by atomic mass is 16.4. The van der Waals surface area contributed by atoms with Crippen molar-refractivity contribution in [3.8, 4) is 0 Å². The average Bonchev–Trinajstić information content (AvgIpc) is 1.61. The van der Waals surface area contributed by atoms with Crippen molar-refractivity contribution in [2.45, 2.75) is 6.42 Å². The molecule has 3 heteroatoms. The monoisotopic (exact) mass is 88.1 g/mol. The van der Waals surface area contributed by atoms with Crippen LogP contribution in [0.1, 0.15) is 6.42 Å². The van der Waals surface area contributed by atoms with Crippen molar-refractivity contribution < 1.29 is 9.76 Å². The van der Waals surface area contributed by atoms with E-state index in [0.29, 0.717) is 6.61 Å². The third kappa shape index (κ3) is 3.98. The van der Waals surface area contributed by atoms with Crippen molar-refractivity contribution in [2.75, 3.05) is 13.2 Å². The van der Waals surface area contributed by atoms with Gasteiger partial charge in [-0.2, -0.15) is 0 Å². The van der Waals surface area contributed by atoms with Crippen molar-refractivity contribution in [3.05, 3.63) is 0 Å². The van der Waals surface area contributed by atoms with Gasteiger partial charge in [-0.25, -0.2) is 0 Å². The lowest BCUT2D eigenvalue weighted by molar-refractivity contribution is 0.243. The van der Waals surface area contributed by atoms with Crippen LogP contribution in [0.15, 0.2) is 0 Å². The number of hydrogen-bond acceptors (Lipinski definition) is 2. The fraction of sp³-hybridized carbons (Fsp3) is 1.00. The quantitative estimate of drug-likeness (QED) is 0.351. The molecule has 0 saturated heterocycles. The summed E-state index contributed by atoms with van der Waals surface area (Å²) >= 11 is 0. The molecule has 36 valence electrons. The van der Waals surface area contributed by atoms with E-state index in [1.165, 1.54) is 0 Å². The number of hydrogen-bond donors (Lipinski definition) is 1. The van der Waals surface area contributed by atoms with E-state index in [9.17, 15) is 0 Å². The summed E-state index contributed by atoms with van der Waals surface area (Å²) in [6.45, 7) is 0.893. The Morgan fingerprint density at radius 3 is 2.50 bits per heavy atom. The molecule has 0 unspecified atom stereocenters. The lowest BCUT2D eigenvalue weighted by Gasteiger charge is -1.89. The zero-order valence-corrected chi connectivity index (χ0v) is 3.98. The molecule has 2 nitrogen and oxygen atoms in total. The zero-order chi connectivity index (χ0) is 4.83. The Balaban J connectivity index is 2.34. The molecule has 1 N–H and O–H groups in total. The first-order valence-electron chi connectivity index (χ1n) is 2.01. The summed E-state index contributed by atoms with van der Waals surface area (Å²) in [5, 5.41) is 8.12. The third-order valence-electron chi connectivity index (χ3n) is 0.507. The van der Waals surface area contributed by atoms with Gasteiger partial charge in [0.2, 0.25) is 0 Å². The van der Waals surface area contributed by atoms with Crippen LogP contribution in [-0.2, 0) is 4.65 Å². The Morgan fingerprint density at radius 1 is 1.67 bits per heavy atom. The normalized spacial score (nSPS) is 8.83. The topological polar surface area (TPSA) is 29.5 Å². The molecule has 0 aromatic carbocycles. The minimum atomic E-state index is 0.230. The molecule has 0 saturated carbocycles. The van der Waals surface area contributed by atoms with Gasteiger partial charge in [0.25, 0.3) is 8.05 Å². The molecule has 0 aliphatic carbocycles. The highest BCUT2D eigenvalue weighted by Crippen LogP contribution is 1.72. The molecular weight excluding hydrogens is 78.8 g/mol. The van der Waals surface area contributed by atoms with E-state index in [4.69, 9.17) is 5.11 Å². The van der Waals surface area contributed by atoms with Gasteiger partial charge in [-0.15, -0.1) is 0 Å². The molecule has 0 fully saturated rings. The summed E-state index contributed by atoms with van der Waals surface area (Å²) in [6, 6.07) is 0. The number of rotatable bonds is 3. The third-order valence-corrected chi connectivity index (χ3v) is 0.507. The van der Waals surface area contributed by atoms with Crippen LogP contribution in [0.4, 0.5) is 0 Å². The predicted molar refractivity (Wildman–Crippen MR) is 26.2 cm³/mol. The molecule has 0 bridgehead atoms. The molecule has 0 radical (unpaired) electrons. The minimum absolute atomic E-state index is 0.230. The molecule has 6 heavy (non-hydrogen) atoms. The predicted octanol–water partition coefficient (Wildman–Crippen LogP) is -1.07. The van der Waals surface area contributed by atoms with Crippen LogP contribution < -0.4 is 0 Å². The zero-order valence-electron chi connectivity index (χ0n) is 3.98. The Bertz CT molecular complexity index is 20.8. The summed E-state index contributed by atoms with van der Waals surface area (Å²) in [6.07, 6.45) is 0.747. The Labute approximate surface area is 38.6 Å². The number of aliphatic hydroxyl groups is 1. The molecule has 0 aliphatic heterocycles. The second kappa shape index (κ2) is 4.98. The largest absolute Gasteiger partial charge is 0.444 e. The second-order valence-electron chi connectivity index (χ2n) is 1.07. The van der Waals surface area contributed by atoms with Gasteiger partial charge in [0, 0.05) is 13.2 Å². The first kappa shape index (κ1) is 5.98. The highest BCUT2D eigenvalue weighted by molar-refractivity contribution is 5.97. The van der Waals surface area contributed by atoms with Crippen LogP contribution >= 0.6 is 0 Å². The van der Waals surface area contributed by atoms with Crippen LogP contribution in [0.5, 0.6) is 0 Å². The summed E-state index contributed by atoms with van der Waals surface area (Å²) in [5.41, 5.74) is 0. The van der Waals surface area contributed by atoms with E-state index in [1.807, 2.05) is 0 Å². The molecule has 0 amide bonds. The maximum absolute atomic E-state index is 8.12. The average molecular weight is 87.9 g/mol. The molecule has 0 rings (SSSR count). The molecule has 0 aliphatic rings. The van der Waals surface area contributed by atoms with Crippen molar-refractivity contribution in [2.24, 2.45) is 0 Å². The van der Waals surface area contributed by atoms with Gasteiger partial charge in [0.1, 0.15) is 0 Å². The standard InChI is InChI=1S/C3H9BO2/c4-6-3-1-2-5/h5H,1-4H2. The van der Waals surface area contributed by atoms with E-state index in [0.717, 1.165) is 6.42 Å². The van der Waals surface area contributed by atoms with Gasteiger partial charge in [0.15, 0.2) is 0 Å². The maximum atomic E-state index is 8.12.